The van der Waals surface area contributed by atoms with Crippen LogP contribution >= 0.6 is 11.8 Å². The summed E-state index contributed by atoms with van der Waals surface area (Å²) in [6.07, 6.45) is 3.06. The molecule has 0 saturated carbocycles. The zero-order valence-corrected chi connectivity index (χ0v) is 14.3. The summed E-state index contributed by atoms with van der Waals surface area (Å²) in [5, 5.41) is 8.00. The number of carbonyl (C=O) groups is 1. The molecule has 2 heterocycles. The van der Waals surface area contributed by atoms with Crippen LogP contribution in [0.25, 0.3) is 0 Å². The molecule has 2 rings (SSSR count). The van der Waals surface area contributed by atoms with E-state index in [9.17, 15) is 4.79 Å². The topological polar surface area (TPSA) is 61.9 Å². The molecule has 118 valence electrons. The van der Waals surface area contributed by atoms with Gasteiger partial charge in [-0.15, -0.1) is 5.10 Å². The van der Waals surface area contributed by atoms with Gasteiger partial charge in [-0.25, -0.2) is 4.98 Å². The summed E-state index contributed by atoms with van der Waals surface area (Å²) in [7, 11) is 0. The number of likely N-dealkylation sites (tertiary alicyclic amines) is 1. The monoisotopic (exact) mass is 310 g/mol. The number of H-pyrrole nitrogens is 1. The van der Waals surface area contributed by atoms with Crippen molar-refractivity contribution in [3.8, 4) is 0 Å². The van der Waals surface area contributed by atoms with Crippen molar-refractivity contribution in [2.45, 2.75) is 52.1 Å². The first kappa shape index (κ1) is 16.3. The van der Waals surface area contributed by atoms with E-state index < -0.39 is 0 Å². The highest BCUT2D eigenvalue weighted by molar-refractivity contribution is 7.99. The maximum atomic E-state index is 12.2. The second-order valence-corrected chi connectivity index (χ2v) is 7.70. The van der Waals surface area contributed by atoms with E-state index in [1.54, 1.807) is 11.8 Å². The van der Waals surface area contributed by atoms with Crippen LogP contribution in [0.15, 0.2) is 5.16 Å². The van der Waals surface area contributed by atoms with Crippen LogP contribution in [-0.2, 0) is 11.2 Å². The maximum Gasteiger partial charge on any atom is 0.227 e. The fourth-order valence-electron chi connectivity index (χ4n) is 2.47. The van der Waals surface area contributed by atoms with Crippen LogP contribution in [0.2, 0.25) is 0 Å². The zero-order valence-electron chi connectivity index (χ0n) is 13.5. The van der Waals surface area contributed by atoms with Crippen molar-refractivity contribution in [2.24, 2.45) is 11.3 Å². The molecule has 0 radical (unpaired) electrons. The molecule has 0 aromatic carbocycles. The third-order valence-corrected chi connectivity index (χ3v) is 4.92. The zero-order chi connectivity index (χ0) is 15.5. The van der Waals surface area contributed by atoms with Gasteiger partial charge in [-0.05, 0) is 18.8 Å². The number of nitrogens with one attached hydrogen (secondary N) is 1. The van der Waals surface area contributed by atoms with Crippen molar-refractivity contribution in [1.29, 1.82) is 0 Å². The Labute approximate surface area is 131 Å². The van der Waals surface area contributed by atoms with Gasteiger partial charge in [0.15, 0.2) is 0 Å². The van der Waals surface area contributed by atoms with Gasteiger partial charge in [-0.1, -0.05) is 39.5 Å². The lowest BCUT2D eigenvalue weighted by molar-refractivity contribution is -0.140. The standard InChI is InChI=1S/C15H26N4OS/c1-5-12-16-14(18-17-12)21-10-11-6-8-19(9-7-11)13(20)15(2,3)4/h11H,5-10H2,1-4H3,(H,16,17,18). The number of nitrogens with zero attached hydrogens (tertiary/aromatic N) is 3. The van der Waals surface area contributed by atoms with E-state index in [4.69, 9.17) is 0 Å². The summed E-state index contributed by atoms with van der Waals surface area (Å²) in [5.74, 6) is 2.92. The highest BCUT2D eigenvalue weighted by Crippen LogP contribution is 2.27. The van der Waals surface area contributed by atoms with Crippen molar-refractivity contribution >= 4 is 17.7 Å². The molecule has 21 heavy (non-hydrogen) atoms. The minimum absolute atomic E-state index is 0.267. The Balaban J connectivity index is 1.75. The van der Waals surface area contributed by atoms with Gasteiger partial charge in [0.2, 0.25) is 11.1 Å². The molecule has 0 atom stereocenters. The molecule has 1 aliphatic heterocycles. The first-order valence-corrected chi connectivity index (χ1v) is 8.72. The molecule has 0 spiro atoms. The summed E-state index contributed by atoms with van der Waals surface area (Å²) < 4.78 is 0. The number of aromatic nitrogens is 3. The molecule has 1 aromatic rings. The Bertz CT molecular complexity index is 472. The van der Waals surface area contributed by atoms with Crippen LogP contribution in [0.3, 0.4) is 0 Å². The number of thioether (sulfide) groups is 1. The Hall–Kier alpha value is -1.04. The van der Waals surface area contributed by atoms with E-state index in [2.05, 4.69) is 22.1 Å². The van der Waals surface area contributed by atoms with Crippen LogP contribution in [0.1, 0.15) is 46.4 Å². The second kappa shape index (κ2) is 6.81. The average molecular weight is 310 g/mol. The maximum absolute atomic E-state index is 12.2. The fraction of sp³-hybridized carbons (Fsp3) is 0.800. The van der Waals surface area contributed by atoms with Crippen LogP contribution in [0, 0.1) is 11.3 Å². The third-order valence-electron chi connectivity index (χ3n) is 3.84. The highest BCUT2D eigenvalue weighted by Gasteiger charge is 2.30. The predicted octanol–water partition coefficient (Wildman–Crippen LogP) is 2.74. The Morgan fingerprint density at radius 3 is 2.57 bits per heavy atom. The first-order chi connectivity index (χ1) is 9.90. The highest BCUT2D eigenvalue weighted by atomic mass is 32.2. The molecule has 6 heteroatoms. The molecule has 1 N–H and O–H groups in total. The van der Waals surface area contributed by atoms with Gasteiger partial charge in [0.1, 0.15) is 5.82 Å². The lowest BCUT2D eigenvalue weighted by Crippen LogP contribution is -2.44. The van der Waals surface area contributed by atoms with E-state index in [1.165, 1.54) is 0 Å². The number of hydrogen-bond donors (Lipinski definition) is 1. The van der Waals surface area contributed by atoms with Crippen LogP contribution in [-0.4, -0.2) is 44.8 Å². The van der Waals surface area contributed by atoms with Crippen molar-refractivity contribution in [2.75, 3.05) is 18.8 Å². The SMILES string of the molecule is CCc1nc(SCC2CCN(C(=O)C(C)(C)C)CC2)n[nH]1. The molecule has 0 unspecified atom stereocenters. The van der Waals surface area contributed by atoms with Gasteiger partial charge in [-0.3, -0.25) is 9.89 Å². The molecule has 1 aliphatic rings. The number of aryl methyl sites for hydroxylation is 1. The van der Waals surface area contributed by atoms with Gasteiger partial charge < -0.3 is 4.90 Å². The molecule has 5 nitrogen and oxygen atoms in total. The first-order valence-electron chi connectivity index (χ1n) is 7.73. The molecule has 1 aromatic heterocycles. The summed E-state index contributed by atoms with van der Waals surface area (Å²) in [4.78, 5) is 18.7. The van der Waals surface area contributed by atoms with Gasteiger partial charge in [-0.2, -0.15) is 0 Å². The fourth-order valence-corrected chi connectivity index (χ4v) is 3.47. The smallest absolute Gasteiger partial charge is 0.227 e. The third kappa shape index (κ3) is 4.46. The molecule has 1 fully saturated rings. The molecule has 0 aliphatic carbocycles. The largest absolute Gasteiger partial charge is 0.342 e. The van der Waals surface area contributed by atoms with E-state index >= 15 is 0 Å². The van der Waals surface area contributed by atoms with Crippen LogP contribution < -0.4 is 0 Å². The number of aromatic amines is 1. The van der Waals surface area contributed by atoms with E-state index in [0.29, 0.717) is 5.92 Å². The molecule has 0 bridgehead atoms. The Morgan fingerprint density at radius 1 is 1.38 bits per heavy atom. The van der Waals surface area contributed by atoms with Gasteiger partial charge in [0.05, 0.1) is 0 Å². The van der Waals surface area contributed by atoms with Crippen molar-refractivity contribution in [3.05, 3.63) is 5.82 Å². The normalized spacial score (nSPS) is 17.2. The van der Waals surface area contributed by atoms with E-state index in [1.807, 2.05) is 25.7 Å². The van der Waals surface area contributed by atoms with E-state index in [0.717, 1.165) is 49.1 Å². The number of hydrogen-bond acceptors (Lipinski definition) is 4. The number of amides is 1. The van der Waals surface area contributed by atoms with Crippen molar-refractivity contribution < 1.29 is 4.79 Å². The van der Waals surface area contributed by atoms with E-state index in [-0.39, 0.29) is 11.3 Å². The average Bonchev–Trinajstić information content (AvgIpc) is 2.92. The van der Waals surface area contributed by atoms with Crippen molar-refractivity contribution in [1.82, 2.24) is 20.1 Å². The Morgan fingerprint density at radius 2 is 2.05 bits per heavy atom. The molecular formula is C15H26N4OS. The van der Waals surface area contributed by atoms with Gasteiger partial charge >= 0.3 is 0 Å². The van der Waals surface area contributed by atoms with Crippen LogP contribution in [0.5, 0.6) is 0 Å². The minimum Gasteiger partial charge on any atom is -0.342 e. The number of carbonyl (C=O) groups excluding carboxylic acids is 1. The molecule has 1 saturated heterocycles. The number of rotatable bonds is 4. The lowest BCUT2D eigenvalue weighted by atomic mass is 9.92. The summed E-state index contributed by atoms with van der Waals surface area (Å²) in [6.45, 7) is 9.81. The number of piperidine rings is 1. The quantitative estimate of drug-likeness (QED) is 0.869. The molecule has 1 amide bonds. The second-order valence-electron chi connectivity index (χ2n) is 6.71. The summed E-state index contributed by atoms with van der Waals surface area (Å²) in [6, 6.07) is 0. The van der Waals surface area contributed by atoms with Crippen molar-refractivity contribution in [3.63, 3.8) is 0 Å². The Kier molecular flexibility index (Phi) is 5.30. The molecular weight excluding hydrogens is 284 g/mol. The van der Waals surface area contributed by atoms with Crippen LogP contribution in [0.4, 0.5) is 0 Å². The van der Waals surface area contributed by atoms with Gasteiger partial charge in [0.25, 0.3) is 0 Å². The lowest BCUT2D eigenvalue weighted by Gasteiger charge is -2.35. The van der Waals surface area contributed by atoms with Gasteiger partial charge in [0, 0.05) is 30.7 Å². The summed E-state index contributed by atoms with van der Waals surface area (Å²) in [5.41, 5.74) is -0.267. The predicted molar refractivity (Wildman–Crippen MR) is 85.2 cm³/mol. The minimum atomic E-state index is -0.267. The summed E-state index contributed by atoms with van der Waals surface area (Å²) >= 11 is 1.72.